The number of nitrogens with zero attached hydrogens (tertiary/aromatic N) is 4. The molecule has 6 nitrogen and oxygen atoms in total. The van der Waals surface area contributed by atoms with Crippen molar-refractivity contribution in [3.8, 4) is 0 Å². The summed E-state index contributed by atoms with van der Waals surface area (Å²) in [4.78, 5) is 28.6. The normalized spacial score (nSPS) is 21.4. The second kappa shape index (κ2) is 6.50. The predicted octanol–water partition coefficient (Wildman–Crippen LogP) is 1.13. The zero-order valence-corrected chi connectivity index (χ0v) is 13.1. The van der Waals surface area contributed by atoms with E-state index in [-0.39, 0.29) is 24.3 Å². The Morgan fingerprint density at radius 3 is 2.77 bits per heavy atom. The van der Waals surface area contributed by atoms with Gasteiger partial charge in [0, 0.05) is 31.5 Å². The smallest absolute Gasteiger partial charge is 0.242 e. The molecule has 1 aromatic heterocycles. The second-order valence-electron chi connectivity index (χ2n) is 6.41. The van der Waals surface area contributed by atoms with Crippen LogP contribution >= 0.6 is 0 Å². The molecule has 2 fully saturated rings. The van der Waals surface area contributed by atoms with E-state index in [1.165, 1.54) is 12.8 Å². The van der Waals surface area contributed by atoms with Crippen molar-refractivity contribution in [3.63, 3.8) is 0 Å². The maximum absolute atomic E-state index is 12.5. The summed E-state index contributed by atoms with van der Waals surface area (Å²) in [6.07, 6.45) is 8.24. The first-order valence-electron chi connectivity index (χ1n) is 8.21. The van der Waals surface area contributed by atoms with Crippen molar-refractivity contribution < 1.29 is 9.59 Å². The summed E-state index contributed by atoms with van der Waals surface area (Å²) in [5.74, 6) is -0.00144. The maximum Gasteiger partial charge on any atom is 0.242 e. The molecule has 1 aromatic rings. The van der Waals surface area contributed by atoms with Crippen LogP contribution in [0.2, 0.25) is 0 Å². The Hall–Kier alpha value is -1.85. The van der Waals surface area contributed by atoms with Crippen LogP contribution in [0, 0.1) is 5.92 Å². The molecular weight excluding hydrogens is 280 g/mol. The number of piperazine rings is 1. The van der Waals surface area contributed by atoms with Crippen molar-refractivity contribution in [2.45, 2.75) is 45.2 Å². The molecule has 2 heterocycles. The van der Waals surface area contributed by atoms with Crippen LogP contribution in [0.3, 0.4) is 0 Å². The zero-order valence-electron chi connectivity index (χ0n) is 13.1. The summed E-state index contributed by atoms with van der Waals surface area (Å²) < 4.78 is 1.76. The average molecular weight is 304 g/mol. The number of carbonyl (C=O) groups is 2. The highest BCUT2D eigenvalue weighted by atomic mass is 16.2. The molecule has 1 saturated heterocycles. The molecule has 2 amide bonds. The van der Waals surface area contributed by atoms with E-state index >= 15 is 0 Å². The number of rotatable bonds is 4. The molecule has 2 aliphatic rings. The molecule has 0 aromatic carbocycles. The van der Waals surface area contributed by atoms with E-state index in [1.807, 2.05) is 24.1 Å². The first-order chi connectivity index (χ1) is 10.6. The fraction of sp³-hybridized carbons (Fsp3) is 0.688. The quantitative estimate of drug-likeness (QED) is 0.838. The molecule has 0 N–H and O–H groups in total. The molecule has 1 atom stereocenters. The first kappa shape index (κ1) is 15.1. The molecule has 6 heteroatoms. The second-order valence-corrected chi connectivity index (χ2v) is 6.41. The Balaban J connectivity index is 1.55. The fourth-order valence-corrected chi connectivity index (χ4v) is 3.56. The van der Waals surface area contributed by atoms with Gasteiger partial charge >= 0.3 is 0 Å². The van der Waals surface area contributed by atoms with Gasteiger partial charge < -0.3 is 9.80 Å². The van der Waals surface area contributed by atoms with Crippen molar-refractivity contribution >= 4 is 11.8 Å². The Bertz CT molecular complexity index is 522. The summed E-state index contributed by atoms with van der Waals surface area (Å²) in [7, 11) is 0. The summed E-state index contributed by atoms with van der Waals surface area (Å²) >= 11 is 0. The van der Waals surface area contributed by atoms with Gasteiger partial charge in [-0.25, -0.2) is 0 Å². The van der Waals surface area contributed by atoms with E-state index in [9.17, 15) is 9.59 Å². The third kappa shape index (κ3) is 3.15. The van der Waals surface area contributed by atoms with Crippen LogP contribution in [0.1, 0.15) is 32.6 Å². The van der Waals surface area contributed by atoms with Crippen molar-refractivity contribution in [2.24, 2.45) is 5.92 Å². The van der Waals surface area contributed by atoms with Gasteiger partial charge in [-0.15, -0.1) is 0 Å². The van der Waals surface area contributed by atoms with Crippen molar-refractivity contribution in [1.29, 1.82) is 0 Å². The molecule has 0 unspecified atom stereocenters. The number of hydrogen-bond donors (Lipinski definition) is 0. The third-order valence-corrected chi connectivity index (χ3v) is 4.78. The molecular formula is C16H24N4O2. The van der Waals surface area contributed by atoms with Crippen LogP contribution in [-0.2, 0) is 16.1 Å². The van der Waals surface area contributed by atoms with Gasteiger partial charge in [0.25, 0.3) is 0 Å². The van der Waals surface area contributed by atoms with Gasteiger partial charge in [-0.2, -0.15) is 5.10 Å². The van der Waals surface area contributed by atoms with Gasteiger partial charge in [0.05, 0.1) is 19.0 Å². The highest BCUT2D eigenvalue weighted by Gasteiger charge is 2.34. The molecule has 3 rings (SSSR count). The van der Waals surface area contributed by atoms with Gasteiger partial charge in [-0.05, 0) is 18.9 Å². The maximum atomic E-state index is 12.5. The monoisotopic (exact) mass is 304 g/mol. The Labute approximate surface area is 131 Å². The lowest BCUT2D eigenvalue weighted by atomic mass is 10.1. The molecule has 22 heavy (non-hydrogen) atoms. The van der Waals surface area contributed by atoms with Crippen LogP contribution in [0.4, 0.5) is 0 Å². The largest absolute Gasteiger partial charge is 0.336 e. The predicted molar refractivity (Wildman–Crippen MR) is 81.9 cm³/mol. The SMILES string of the molecule is C[C@H](Cn1cccn1)C(=O)N1CCN(C2CCCC2)C(=O)C1. The molecule has 1 aliphatic carbocycles. The lowest BCUT2D eigenvalue weighted by molar-refractivity contribution is -0.149. The first-order valence-corrected chi connectivity index (χ1v) is 8.21. The van der Waals surface area contributed by atoms with Crippen molar-refractivity contribution in [3.05, 3.63) is 18.5 Å². The lowest BCUT2D eigenvalue weighted by Crippen LogP contribution is -2.55. The highest BCUT2D eigenvalue weighted by molar-refractivity contribution is 5.87. The van der Waals surface area contributed by atoms with Crippen LogP contribution in [0.5, 0.6) is 0 Å². The lowest BCUT2D eigenvalue weighted by Gasteiger charge is -2.38. The van der Waals surface area contributed by atoms with Crippen molar-refractivity contribution in [2.75, 3.05) is 19.6 Å². The molecule has 0 radical (unpaired) electrons. The van der Waals surface area contributed by atoms with Crippen LogP contribution in [-0.4, -0.2) is 57.1 Å². The molecule has 120 valence electrons. The average Bonchev–Trinajstić information content (AvgIpc) is 3.19. The molecule has 0 spiro atoms. The highest BCUT2D eigenvalue weighted by Crippen LogP contribution is 2.25. The van der Waals surface area contributed by atoms with E-state index in [0.717, 1.165) is 12.8 Å². The number of amides is 2. The van der Waals surface area contributed by atoms with Gasteiger partial charge in [0.1, 0.15) is 0 Å². The number of aromatic nitrogens is 2. The fourth-order valence-electron chi connectivity index (χ4n) is 3.56. The molecule has 1 aliphatic heterocycles. The molecule has 0 bridgehead atoms. The Morgan fingerprint density at radius 1 is 1.36 bits per heavy atom. The summed E-state index contributed by atoms with van der Waals surface area (Å²) in [5, 5.41) is 4.13. The van der Waals surface area contributed by atoms with E-state index < -0.39 is 0 Å². The topological polar surface area (TPSA) is 58.4 Å². The summed E-state index contributed by atoms with van der Waals surface area (Å²) in [5.41, 5.74) is 0. The van der Waals surface area contributed by atoms with E-state index in [1.54, 1.807) is 15.8 Å². The number of hydrogen-bond acceptors (Lipinski definition) is 3. The van der Waals surface area contributed by atoms with E-state index in [4.69, 9.17) is 0 Å². The number of carbonyl (C=O) groups excluding carboxylic acids is 2. The van der Waals surface area contributed by atoms with Gasteiger partial charge in [-0.3, -0.25) is 14.3 Å². The third-order valence-electron chi connectivity index (χ3n) is 4.78. The van der Waals surface area contributed by atoms with Crippen LogP contribution < -0.4 is 0 Å². The van der Waals surface area contributed by atoms with Gasteiger partial charge in [0.15, 0.2) is 0 Å². The Kier molecular flexibility index (Phi) is 4.45. The standard InChI is InChI=1S/C16H24N4O2/c1-13(11-19-8-4-7-17-19)16(22)18-9-10-20(15(21)12-18)14-5-2-3-6-14/h4,7-8,13-14H,2-3,5-6,9-12H2,1H3/t13-/m1/s1. The van der Waals surface area contributed by atoms with E-state index in [2.05, 4.69) is 5.10 Å². The summed E-state index contributed by atoms with van der Waals surface area (Å²) in [6.45, 7) is 4.04. The van der Waals surface area contributed by atoms with Gasteiger partial charge in [0.2, 0.25) is 11.8 Å². The zero-order chi connectivity index (χ0) is 15.5. The van der Waals surface area contributed by atoms with Crippen molar-refractivity contribution in [1.82, 2.24) is 19.6 Å². The molecule has 1 saturated carbocycles. The van der Waals surface area contributed by atoms with Gasteiger partial charge in [-0.1, -0.05) is 19.8 Å². The minimum absolute atomic E-state index is 0.0509. The van der Waals surface area contributed by atoms with Crippen LogP contribution in [0.25, 0.3) is 0 Å². The Morgan fingerprint density at radius 2 is 2.14 bits per heavy atom. The summed E-state index contributed by atoms with van der Waals surface area (Å²) in [6, 6.07) is 2.26. The van der Waals surface area contributed by atoms with Crippen LogP contribution in [0.15, 0.2) is 18.5 Å². The minimum atomic E-state index is -0.161. The minimum Gasteiger partial charge on any atom is -0.336 e. The van der Waals surface area contributed by atoms with E-state index in [0.29, 0.717) is 25.7 Å².